The van der Waals surface area contributed by atoms with Crippen molar-refractivity contribution in [1.82, 2.24) is 9.80 Å². The summed E-state index contributed by atoms with van der Waals surface area (Å²) >= 11 is 0. The molecule has 1 rings (SSSR count). The molecule has 1 unspecified atom stereocenters. The summed E-state index contributed by atoms with van der Waals surface area (Å²) in [6.07, 6.45) is 0.842. The first kappa shape index (κ1) is 12.0. The Bertz CT molecular complexity index is 265. The molecule has 1 heterocycles. The molecule has 2 atom stereocenters. The Labute approximate surface area is 90.2 Å². The van der Waals surface area contributed by atoms with E-state index in [1.165, 1.54) is 6.92 Å². The summed E-state index contributed by atoms with van der Waals surface area (Å²) < 4.78 is 0. The van der Waals surface area contributed by atoms with E-state index in [1.807, 2.05) is 0 Å². The van der Waals surface area contributed by atoms with E-state index in [1.54, 1.807) is 23.8 Å². The van der Waals surface area contributed by atoms with Gasteiger partial charge in [0.2, 0.25) is 11.8 Å². The van der Waals surface area contributed by atoms with Gasteiger partial charge in [0.05, 0.1) is 12.1 Å². The van der Waals surface area contributed by atoms with Crippen LogP contribution in [0.5, 0.6) is 0 Å². The molecular formula is C10H19N3O2. The summed E-state index contributed by atoms with van der Waals surface area (Å²) in [4.78, 5) is 26.1. The average molecular weight is 213 g/mol. The van der Waals surface area contributed by atoms with Crippen LogP contribution in [0.15, 0.2) is 0 Å². The van der Waals surface area contributed by atoms with Gasteiger partial charge >= 0.3 is 0 Å². The summed E-state index contributed by atoms with van der Waals surface area (Å²) in [5.74, 6) is 0.00421. The van der Waals surface area contributed by atoms with Gasteiger partial charge in [0.1, 0.15) is 0 Å². The minimum atomic E-state index is -0.452. The van der Waals surface area contributed by atoms with Crippen molar-refractivity contribution < 1.29 is 9.59 Å². The van der Waals surface area contributed by atoms with Gasteiger partial charge < -0.3 is 15.5 Å². The van der Waals surface area contributed by atoms with Gasteiger partial charge in [0, 0.05) is 27.1 Å². The number of nitrogens with zero attached hydrogens (tertiary/aromatic N) is 2. The standard InChI is InChI=1S/C10H19N3O2/c1-7(11)10(15)13-5-4-9(6-13)12(3)8(2)14/h7,9H,4-6,11H2,1-3H3/t7-,9?/m0/s1. The van der Waals surface area contributed by atoms with Crippen molar-refractivity contribution in [3.8, 4) is 0 Å². The number of rotatable bonds is 2. The minimum absolute atomic E-state index is 0.0329. The molecule has 0 aromatic rings. The van der Waals surface area contributed by atoms with E-state index < -0.39 is 6.04 Å². The van der Waals surface area contributed by atoms with E-state index >= 15 is 0 Å². The molecule has 1 fully saturated rings. The number of carbonyl (C=O) groups is 2. The molecule has 5 heteroatoms. The molecule has 0 saturated carbocycles. The van der Waals surface area contributed by atoms with Crippen molar-refractivity contribution in [2.75, 3.05) is 20.1 Å². The molecule has 0 bridgehead atoms. The third kappa shape index (κ3) is 2.68. The van der Waals surface area contributed by atoms with Crippen LogP contribution in [0.1, 0.15) is 20.3 Å². The van der Waals surface area contributed by atoms with E-state index in [9.17, 15) is 9.59 Å². The number of hydrogen-bond acceptors (Lipinski definition) is 3. The fourth-order valence-electron chi connectivity index (χ4n) is 1.80. The normalized spacial score (nSPS) is 22.7. The first-order valence-corrected chi connectivity index (χ1v) is 5.21. The third-order valence-electron chi connectivity index (χ3n) is 2.91. The van der Waals surface area contributed by atoms with Gasteiger partial charge in [-0.1, -0.05) is 0 Å². The fourth-order valence-corrected chi connectivity index (χ4v) is 1.80. The first-order valence-electron chi connectivity index (χ1n) is 5.21. The number of carbonyl (C=O) groups excluding carboxylic acids is 2. The highest BCUT2D eigenvalue weighted by Gasteiger charge is 2.30. The van der Waals surface area contributed by atoms with Crippen LogP contribution in [0.2, 0.25) is 0 Å². The van der Waals surface area contributed by atoms with Crippen LogP contribution >= 0.6 is 0 Å². The van der Waals surface area contributed by atoms with Gasteiger partial charge in [0.25, 0.3) is 0 Å². The Morgan fingerprint density at radius 2 is 2.13 bits per heavy atom. The van der Waals surface area contributed by atoms with Crippen LogP contribution in [0.3, 0.4) is 0 Å². The SMILES string of the molecule is CC(=O)N(C)C1CCN(C(=O)[C@H](C)N)C1. The van der Waals surface area contributed by atoms with Gasteiger partial charge in [-0.05, 0) is 13.3 Å². The number of likely N-dealkylation sites (tertiary alicyclic amines) is 1. The molecule has 0 aliphatic carbocycles. The molecule has 0 radical (unpaired) electrons. The molecule has 5 nitrogen and oxygen atoms in total. The monoisotopic (exact) mass is 213 g/mol. The second kappa shape index (κ2) is 4.61. The molecule has 1 saturated heterocycles. The lowest BCUT2D eigenvalue weighted by molar-refractivity contribution is -0.133. The molecule has 0 aromatic heterocycles. The second-order valence-electron chi connectivity index (χ2n) is 4.15. The average Bonchev–Trinajstić information content (AvgIpc) is 2.63. The van der Waals surface area contributed by atoms with Crippen LogP contribution in [0.25, 0.3) is 0 Å². The molecule has 0 spiro atoms. The smallest absolute Gasteiger partial charge is 0.239 e. The summed E-state index contributed by atoms with van der Waals surface area (Å²) in [5, 5.41) is 0. The molecule has 86 valence electrons. The number of nitrogens with two attached hydrogens (primary N) is 1. The van der Waals surface area contributed by atoms with E-state index in [2.05, 4.69) is 0 Å². The van der Waals surface area contributed by atoms with Gasteiger partial charge in [-0.3, -0.25) is 9.59 Å². The maximum Gasteiger partial charge on any atom is 0.239 e. The highest BCUT2D eigenvalue weighted by Crippen LogP contribution is 2.15. The Kier molecular flexibility index (Phi) is 3.68. The fraction of sp³-hybridized carbons (Fsp3) is 0.800. The van der Waals surface area contributed by atoms with Crippen LogP contribution in [0.4, 0.5) is 0 Å². The number of likely N-dealkylation sites (N-methyl/N-ethyl adjacent to an activating group) is 1. The second-order valence-corrected chi connectivity index (χ2v) is 4.15. The Morgan fingerprint density at radius 3 is 2.60 bits per heavy atom. The predicted molar refractivity (Wildman–Crippen MR) is 57.1 cm³/mol. The zero-order chi connectivity index (χ0) is 11.6. The topological polar surface area (TPSA) is 66.6 Å². The zero-order valence-electron chi connectivity index (χ0n) is 9.56. The maximum absolute atomic E-state index is 11.6. The molecule has 0 aromatic carbocycles. The lowest BCUT2D eigenvalue weighted by Crippen LogP contribution is -2.43. The van der Waals surface area contributed by atoms with E-state index in [0.29, 0.717) is 13.1 Å². The van der Waals surface area contributed by atoms with Crippen molar-refractivity contribution >= 4 is 11.8 Å². The maximum atomic E-state index is 11.6. The van der Waals surface area contributed by atoms with Gasteiger partial charge in [-0.25, -0.2) is 0 Å². The molecule has 2 amide bonds. The van der Waals surface area contributed by atoms with Crippen molar-refractivity contribution in [3.63, 3.8) is 0 Å². The Morgan fingerprint density at radius 1 is 1.53 bits per heavy atom. The van der Waals surface area contributed by atoms with Gasteiger partial charge in [0.15, 0.2) is 0 Å². The van der Waals surface area contributed by atoms with E-state index in [-0.39, 0.29) is 17.9 Å². The highest BCUT2D eigenvalue weighted by molar-refractivity contribution is 5.81. The molecular weight excluding hydrogens is 194 g/mol. The Balaban J connectivity index is 2.52. The summed E-state index contributed by atoms with van der Waals surface area (Å²) in [5.41, 5.74) is 5.53. The largest absolute Gasteiger partial charge is 0.341 e. The number of amides is 2. The quantitative estimate of drug-likeness (QED) is 0.667. The Hall–Kier alpha value is -1.10. The number of hydrogen-bond donors (Lipinski definition) is 1. The molecule has 15 heavy (non-hydrogen) atoms. The predicted octanol–water partition coefficient (Wildman–Crippen LogP) is -0.587. The van der Waals surface area contributed by atoms with Crippen molar-refractivity contribution in [2.24, 2.45) is 5.73 Å². The molecule has 1 aliphatic heterocycles. The lowest BCUT2D eigenvalue weighted by atomic mass is 10.2. The van der Waals surface area contributed by atoms with Crippen molar-refractivity contribution in [3.05, 3.63) is 0 Å². The summed E-state index contributed by atoms with van der Waals surface area (Å²) in [6.45, 7) is 4.53. The summed E-state index contributed by atoms with van der Waals surface area (Å²) in [6, 6.07) is -0.309. The van der Waals surface area contributed by atoms with Crippen LogP contribution in [-0.2, 0) is 9.59 Å². The molecule has 2 N–H and O–H groups in total. The van der Waals surface area contributed by atoms with Crippen molar-refractivity contribution in [2.45, 2.75) is 32.4 Å². The zero-order valence-corrected chi connectivity index (χ0v) is 9.56. The summed E-state index contributed by atoms with van der Waals surface area (Å²) in [7, 11) is 1.77. The lowest BCUT2D eigenvalue weighted by Gasteiger charge is -2.24. The van der Waals surface area contributed by atoms with Crippen LogP contribution < -0.4 is 5.73 Å². The van der Waals surface area contributed by atoms with Gasteiger partial charge in [-0.2, -0.15) is 0 Å². The van der Waals surface area contributed by atoms with E-state index in [0.717, 1.165) is 6.42 Å². The van der Waals surface area contributed by atoms with Crippen LogP contribution in [-0.4, -0.2) is 53.8 Å². The van der Waals surface area contributed by atoms with E-state index in [4.69, 9.17) is 5.73 Å². The van der Waals surface area contributed by atoms with Crippen LogP contribution in [0, 0.1) is 0 Å². The molecule has 1 aliphatic rings. The third-order valence-corrected chi connectivity index (χ3v) is 2.91. The minimum Gasteiger partial charge on any atom is -0.341 e. The van der Waals surface area contributed by atoms with Gasteiger partial charge in [-0.15, -0.1) is 0 Å². The highest BCUT2D eigenvalue weighted by atomic mass is 16.2. The van der Waals surface area contributed by atoms with Crippen molar-refractivity contribution in [1.29, 1.82) is 0 Å². The first-order chi connectivity index (χ1) is 6.93.